The van der Waals surface area contributed by atoms with Crippen LogP contribution in [0.5, 0.6) is 0 Å². The van der Waals surface area contributed by atoms with Crippen molar-refractivity contribution < 1.29 is 0 Å². The average Bonchev–Trinajstić information content (AvgIpc) is 2.44. The van der Waals surface area contributed by atoms with Crippen LogP contribution in [0.2, 0.25) is 0 Å². The highest BCUT2D eigenvalue weighted by Crippen LogP contribution is 2.27. The second kappa shape index (κ2) is 5.50. The molecule has 3 rings (SSSR count). The zero-order valence-electron chi connectivity index (χ0n) is 10.7. The summed E-state index contributed by atoms with van der Waals surface area (Å²) in [5.41, 5.74) is 3.10. The molecule has 0 saturated heterocycles. The Morgan fingerprint density at radius 1 is 1.00 bits per heavy atom. The predicted molar refractivity (Wildman–Crippen MR) is 89.4 cm³/mol. The SMILES string of the molecule is Cc1ccc(Nc2ncnc3ccc(Br)cc23)cc1Br. The first-order valence-corrected chi connectivity index (χ1v) is 7.65. The van der Waals surface area contributed by atoms with Gasteiger partial charge in [0.1, 0.15) is 12.1 Å². The summed E-state index contributed by atoms with van der Waals surface area (Å²) in [7, 11) is 0. The molecular weight excluding hydrogens is 382 g/mol. The van der Waals surface area contributed by atoms with Crippen LogP contribution in [0.15, 0.2) is 51.7 Å². The van der Waals surface area contributed by atoms with Gasteiger partial charge in [0.2, 0.25) is 0 Å². The third kappa shape index (κ3) is 2.69. The fourth-order valence-electron chi connectivity index (χ4n) is 1.94. The van der Waals surface area contributed by atoms with Gasteiger partial charge in [0, 0.05) is 20.0 Å². The lowest BCUT2D eigenvalue weighted by Gasteiger charge is -2.09. The summed E-state index contributed by atoms with van der Waals surface area (Å²) in [5.74, 6) is 0.798. The third-order valence-corrected chi connectivity index (χ3v) is 4.38. The van der Waals surface area contributed by atoms with Crippen molar-refractivity contribution in [3.05, 3.63) is 57.2 Å². The van der Waals surface area contributed by atoms with E-state index in [0.717, 1.165) is 31.4 Å². The molecule has 0 fully saturated rings. The number of nitrogens with one attached hydrogen (secondary N) is 1. The van der Waals surface area contributed by atoms with Gasteiger partial charge in [-0.15, -0.1) is 0 Å². The first-order valence-electron chi connectivity index (χ1n) is 6.07. The van der Waals surface area contributed by atoms with Crippen LogP contribution in [-0.2, 0) is 0 Å². The maximum Gasteiger partial charge on any atom is 0.141 e. The Morgan fingerprint density at radius 2 is 1.85 bits per heavy atom. The normalized spacial score (nSPS) is 10.8. The molecule has 3 aromatic rings. The van der Waals surface area contributed by atoms with Crippen LogP contribution in [-0.4, -0.2) is 9.97 Å². The molecule has 20 heavy (non-hydrogen) atoms. The Kier molecular flexibility index (Phi) is 3.72. The number of rotatable bonds is 2. The first-order chi connectivity index (χ1) is 9.63. The van der Waals surface area contributed by atoms with E-state index in [9.17, 15) is 0 Å². The molecule has 0 aliphatic rings. The van der Waals surface area contributed by atoms with Crippen LogP contribution in [0, 0.1) is 6.92 Å². The van der Waals surface area contributed by atoms with Crippen LogP contribution < -0.4 is 5.32 Å². The molecule has 1 aromatic heterocycles. The maximum atomic E-state index is 4.34. The maximum absolute atomic E-state index is 4.34. The van der Waals surface area contributed by atoms with E-state index in [-0.39, 0.29) is 0 Å². The van der Waals surface area contributed by atoms with Crippen LogP contribution >= 0.6 is 31.9 Å². The summed E-state index contributed by atoms with van der Waals surface area (Å²) in [6.07, 6.45) is 1.57. The molecule has 0 spiro atoms. The molecular formula is C15H11Br2N3. The third-order valence-electron chi connectivity index (χ3n) is 3.03. The van der Waals surface area contributed by atoms with E-state index >= 15 is 0 Å². The molecule has 100 valence electrons. The number of halogens is 2. The van der Waals surface area contributed by atoms with Gasteiger partial charge in [-0.25, -0.2) is 9.97 Å². The van der Waals surface area contributed by atoms with Gasteiger partial charge in [-0.1, -0.05) is 37.9 Å². The summed E-state index contributed by atoms with van der Waals surface area (Å²) < 4.78 is 2.08. The Labute approximate surface area is 133 Å². The molecule has 5 heteroatoms. The van der Waals surface area contributed by atoms with Crippen molar-refractivity contribution in [1.82, 2.24) is 9.97 Å². The number of hydrogen-bond donors (Lipinski definition) is 1. The standard InChI is InChI=1S/C15H11Br2N3/c1-9-2-4-11(7-13(9)17)20-15-12-6-10(16)3-5-14(12)18-8-19-15/h2-8H,1H3,(H,18,19,20). The van der Waals surface area contributed by atoms with Crippen molar-refractivity contribution >= 4 is 54.3 Å². The molecule has 0 unspecified atom stereocenters. The van der Waals surface area contributed by atoms with E-state index in [1.54, 1.807) is 6.33 Å². The molecule has 3 nitrogen and oxygen atoms in total. The predicted octanol–water partition coefficient (Wildman–Crippen LogP) is 5.21. The summed E-state index contributed by atoms with van der Waals surface area (Å²) in [4.78, 5) is 8.61. The van der Waals surface area contributed by atoms with E-state index in [1.807, 2.05) is 30.3 Å². The monoisotopic (exact) mass is 391 g/mol. The van der Waals surface area contributed by atoms with Crippen LogP contribution in [0.25, 0.3) is 10.9 Å². The minimum atomic E-state index is 0.798. The second-order valence-electron chi connectivity index (χ2n) is 4.47. The molecule has 2 aromatic carbocycles. The number of aromatic nitrogens is 2. The van der Waals surface area contributed by atoms with Gasteiger partial charge in [-0.05, 0) is 42.8 Å². The number of nitrogens with zero attached hydrogens (tertiary/aromatic N) is 2. The minimum absolute atomic E-state index is 0.798. The van der Waals surface area contributed by atoms with Crippen molar-refractivity contribution in [1.29, 1.82) is 0 Å². The van der Waals surface area contributed by atoms with Gasteiger partial charge in [-0.2, -0.15) is 0 Å². The number of benzene rings is 2. The molecule has 0 aliphatic carbocycles. The van der Waals surface area contributed by atoms with E-state index in [2.05, 4.69) is 60.1 Å². The topological polar surface area (TPSA) is 37.8 Å². The number of anilines is 2. The lowest BCUT2D eigenvalue weighted by Crippen LogP contribution is -1.96. The zero-order chi connectivity index (χ0) is 14.1. The van der Waals surface area contributed by atoms with Crippen LogP contribution in [0.4, 0.5) is 11.5 Å². The summed E-state index contributed by atoms with van der Waals surface area (Å²) in [6, 6.07) is 12.1. The van der Waals surface area contributed by atoms with Crippen molar-refractivity contribution in [2.45, 2.75) is 6.92 Å². The Hall–Kier alpha value is -1.46. The first kappa shape index (κ1) is 13.5. The average molecular weight is 393 g/mol. The Morgan fingerprint density at radius 3 is 2.65 bits per heavy atom. The number of fused-ring (bicyclic) bond motifs is 1. The molecule has 0 radical (unpaired) electrons. The van der Waals surface area contributed by atoms with Crippen molar-refractivity contribution in [3.8, 4) is 0 Å². The molecule has 1 heterocycles. The number of aryl methyl sites for hydroxylation is 1. The van der Waals surface area contributed by atoms with E-state index < -0.39 is 0 Å². The van der Waals surface area contributed by atoms with E-state index in [0.29, 0.717) is 0 Å². The summed E-state index contributed by atoms with van der Waals surface area (Å²) in [5, 5.41) is 4.33. The van der Waals surface area contributed by atoms with Gasteiger partial charge in [0.25, 0.3) is 0 Å². The van der Waals surface area contributed by atoms with Crippen molar-refractivity contribution in [3.63, 3.8) is 0 Å². The van der Waals surface area contributed by atoms with Gasteiger partial charge >= 0.3 is 0 Å². The van der Waals surface area contributed by atoms with E-state index in [4.69, 9.17) is 0 Å². The molecule has 0 amide bonds. The van der Waals surface area contributed by atoms with Crippen LogP contribution in [0.3, 0.4) is 0 Å². The van der Waals surface area contributed by atoms with Crippen LogP contribution in [0.1, 0.15) is 5.56 Å². The number of hydrogen-bond acceptors (Lipinski definition) is 3. The molecule has 0 atom stereocenters. The van der Waals surface area contributed by atoms with Gasteiger partial charge in [0.15, 0.2) is 0 Å². The summed E-state index contributed by atoms with van der Waals surface area (Å²) in [6.45, 7) is 2.06. The highest BCUT2D eigenvalue weighted by Gasteiger charge is 2.05. The minimum Gasteiger partial charge on any atom is -0.340 e. The fourth-order valence-corrected chi connectivity index (χ4v) is 2.68. The van der Waals surface area contributed by atoms with E-state index in [1.165, 1.54) is 5.56 Å². The van der Waals surface area contributed by atoms with Crippen molar-refractivity contribution in [2.24, 2.45) is 0 Å². The smallest absolute Gasteiger partial charge is 0.141 e. The fraction of sp³-hybridized carbons (Fsp3) is 0.0667. The lowest BCUT2D eigenvalue weighted by molar-refractivity contribution is 1.22. The molecule has 1 N–H and O–H groups in total. The van der Waals surface area contributed by atoms with Gasteiger partial charge < -0.3 is 5.32 Å². The quantitative estimate of drug-likeness (QED) is 0.650. The largest absolute Gasteiger partial charge is 0.340 e. The second-order valence-corrected chi connectivity index (χ2v) is 6.24. The van der Waals surface area contributed by atoms with Crippen molar-refractivity contribution in [2.75, 3.05) is 5.32 Å². The highest BCUT2D eigenvalue weighted by molar-refractivity contribution is 9.10. The Balaban J connectivity index is 2.05. The highest BCUT2D eigenvalue weighted by atomic mass is 79.9. The molecule has 0 saturated carbocycles. The van der Waals surface area contributed by atoms with Gasteiger partial charge in [0.05, 0.1) is 5.52 Å². The zero-order valence-corrected chi connectivity index (χ0v) is 13.9. The molecule has 0 aliphatic heterocycles. The molecule has 0 bridgehead atoms. The van der Waals surface area contributed by atoms with Gasteiger partial charge in [-0.3, -0.25) is 0 Å². The lowest BCUT2D eigenvalue weighted by atomic mass is 10.2. The Bertz CT molecular complexity index is 787. The summed E-state index contributed by atoms with van der Waals surface area (Å²) >= 11 is 7.02.